The zero-order valence-electron chi connectivity index (χ0n) is 10.5. The van der Waals surface area contributed by atoms with Crippen LogP contribution in [-0.4, -0.2) is 11.0 Å². The van der Waals surface area contributed by atoms with Crippen LogP contribution in [0.3, 0.4) is 0 Å². The summed E-state index contributed by atoms with van der Waals surface area (Å²) >= 11 is 5.79. The number of nitrogens with two attached hydrogens (primary N) is 1. The molecule has 0 saturated heterocycles. The second-order valence-corrected chi connectivity index (χ2v) is 4.90. The Balaban J connectivity index is 2.01. The van der Waals surface area contributed by atoms with Gasteiger partial charge in [0.2, 0.25) is 0 Å². The predicted molar refractivity (Wildman–Crippen MR) is 76.8 cm³/mol. The van der Waals surface area contributed by atoms with Crippen LogP contribution in [0.15, 0.2) is 36.5 Å². The smallest absolute Gasteiger partial charge is 0.149 e. The van der Waals surface area contributed by atoms with Gasteiger partial charge in [-0.15, -0.1) is 0 Å². The van der Waals surface area contributed by atoms with Crippen LogP contribution in [0.1, 0.15) is 12.5 Å². The Morgan fingerprint density at radius 3 is 2.68 bits per heavy atom. The minimum Gasteiger partial charge on any atom is -0.396 e. The SMILES string of the molecule is CC(Cc1ccc(F)cc1)Nc1ncc(Cl)cc1N. The summed E-state index contributed by atoms with van der Waals surface area (Å²) in [5.74, 6) is 0.381. The first-order valence-corrected chi connectivity index (χ1v) is 6.34. The van der Waals surface area contributed by atoms with Crippen molar-refractivity contribution in [1.29, 1.82) is 0 Å². The normalized spacial score (nSPS) is 12.2. The van der Waals surface area contributed by atoms with Gasteiger partial charge in [0, 0.05) is 12.2 Å². The van der Waals surface area contributed by atoms with Crippen molar-refractivity contribution in [2.24, 2.45) is 0 Å². The lowest BCUT2D eigenvalue weighted by Gasteiger charge is -2.16. The van der Waals surface area contributed by atoms with Gasteiger partial charge in [-0.1, -0.05) is 23.7 Å². The Labute approximate surface area is 116 Å². The monoisotopic (exact) mass is 279 g/mol. The number of hydrogen-bond acceptors (Lipinski definition) is 3. The highest BCUT2D eigenvalue weighted by atomic mass is 35.5. The molecule has 0 bridgehead atoms. The van der Waals surface area contributed by atoms with E-state index in [-0.39, 0.29) is 11.9 Å². The molecule has 1 aromatic heterocycles. The number of anilines is 2. The van der Waals surface area contributed by atoms with Gasteiger partial charge in [0.1, 0.15) is 11.6 Å². The van der Waals surface area contributed by atoms with Crippen LogP contribution in [0.2, 0.25) is 5.02 Å². The number of hydrogen-bond donors (Lipinski definition) is 2. The summed E-state index contributed by atoms with van der Waals surface area (Å²) in [7, 11) is 0. The second kappa shape index (κ2) is 5.89. The van der Waals surface area contributed by atoms with Gasteiger partial charge in [-0.05, 0) is 37.1 Å². The topological polar surface area (TPSA) is 50.9 Å². The number of halogens is 2. The lowest BCUT2D eigenvalue weighted by Crippen LogP contribution is -2.19. The van der Waals surface area contributed by atoms with E-state index in [1.807, 2.05) is 6.92 Å². The molecule has 0 aliphatic rings. The molecule has 0 aliphatic carbocycles. The fraction of sp³-hybridized carbons (Fsp3) is 0.214. The maximum Gasteiger partial charge on any atom is 0.149 e. The predicted octanol–water partition coefficient (Wildman–Crippen LogP) is 3.50. The fourth-order valence-corrected chi connectivity index (χ4v) is 2.00. The molecule has 1 heterocycles. The van der Waals surface area contributed by atoms with Crippen molar-refractivity contribution in [1.82, 2.24) is 4.98 Å². The molecule has 0 fully saturated rings. The van der Waals surface area contributed by atoms with Gasteiger partial charge in [0.15, 0.2) is 0 Å². The Kier molecular flexibility index (Phi) is 4.22. The van der Waals surface area contributed by atoms with Crippen LogP contribution in [0.5, 0.6) is 0 Å². The number of nitrogens with one attached hydrogen (secondary N) is 1. The van der Waals surface area contributed by atoms with E-state index in [2.05, 4.69) is 10.3 Å². The molecule has 1 unspecified atom stereocenters. The number of nitrogens with zero attached hydrogens (tertiary/aromatic N) is 1. The first kappa shape index (κ1) is 13.6. The van der Waals surface area contributed by atoms with E-state index in [1.165, 1.54) is 12.1 Å². The third-order valence-corrected chi connectivity index (χ3v) is 2.93. The molecule has 1 aromatic carbocycles. The summed E-state index contributed by atoms with van der Waals surface area (Å²) in [5.41, 5.74) is 7.39. The molecule has 2 aromatic rings. The van der Waals surface area contributed by atoms with Crippen LogP contribution in [-0.2, 0) is 6.42 Å². The maximum atomic E-state index is 12.8. The third-order valence-electron chi connectivity index (χ3n) is 2.72. The summed E-state index contributed by atoms with van der Waals surface area (Å²) in [4.78, 5) is 4.15. The number of pyridine rings is 1. The molecule has 100 valence electrons. The number of nitrogen functional groups attached to an aromatic ring is 1. The van der Waals surface area contributed by atoms with Crippen molar-refractivity contribution in [3.63, 3.8) is 0 Å². The van der Waals surface area contributed by atoms with Crippen molar-refractivity contribution < 1.29 is 4.39 Å². The Hall–Kier alpha value is -1.81. The Bertz CT molecular complexity index is 557. The average molecular weight is 280 g/mol. The molecule has 0 saturated carbocycles. The lowest BCUT2D eigenvalue weighted by atomic mass is 10.1. The van der Waals surface area contributed by atoms with Gasteiger partial charge >= 0.3 is 0 Å². The van der Waals surface area contributed by atoms with Crippen LogP contribution < -0.4 is 11.1 Å². The highest BCUT2D eigenvalue weighted by Gasteiger charge is 2.07. The first-order valence-electron chi connectivity index (χ1n) is 5.96. The molecular formula is C14H15ClFN3. The van der Waals surface area contributed by atoms with E-state index in [0.717, 1.165) is 12.0 Å². The van der Waals surface area contributed by atoms with E-state index in [0.29, 0.717) is 16.5 Å². The van der Waals surface area contributed by atoms with Crippen molar-refractivity contribution in [2.75, 3.05) is 11.1 Å². The summed E-state index contributed by atoms with van der Waals surface area (Å²) in [6.07, 6.45) is 2.30. The molecule has 0 aliphatic heterocycles. The van der Waals surface area contributed by atoms with Crippen LogP contribution in [0.4, 0.5) is 15.9 Å². The first-order chi connectivity index (χ1) is 9.04. The minimum absolute atomic E-state index is 0.126. The number of benzene rings is 1. The van der Waals surface area contributed by atoms with Gasteiger partial charge in [-0.3, -0.25) is 0 Å². The van der Waals surface area contributed by atoms with E-state index >= 15 is 0 Å². The van der Waals surface area contributed by atoms with Crippen molar-refractivity contribution in [3.05, 3.63) is 52.9 Å². The lowest BCUT2D eigenvalue weighted by molar-refractivity contribution is 0.626. The Morgan fingerprint density at radius 1 is 1.37 bits per heavy atom. The number of rotatable bonds is 4. The van der Waals surface area contributed by atoms with E-state index < -0.39 is 0 Å². The molecular weight excluding hydrogens is 265 g/mol. The van der Waals surface area contributed by atoms with E-state index in [9.17, 15) is 4.39 Å². The second-order valence-electron chi connectivity index (χ2n) is 4.47. The van der Waals surface area contributed by atoms with Crippen LogP contribution in [0.25, 0.3) is 0 Å². The summed E-state index contributed by atoms with van der Waals surface area (Å²) in [6.45, 7) is 2.01. The van der Waals surface area contributed by atoms with Gasteiger partial charge < -0.3 is 11.1 Å². The highest BCUT2D eigenvalue weighted by molar-refractivity contribution is 6.30. The molecule has 2 rings (SSSR count). The van der Waals surface area contributed by atoms with Gasteiger partial charge in [-0.25, -0.2) is 9.37 Å². The van der Waals surface area contributed by atoms with Crippen molar-refractivity contribution >= 4 is 23.1 Å². The van der Waals surface area contributed by atoms with E-state index in [4.69, 9.17) is 17.3 Å². The van der Waals surface area contributed by atoms with Crippen LogP contribution in [0, 0.1) is 5.82 Å². The average Bonchev–Trinajstić information content (AvgIpc) is 2.36. The van der Waals surface area contributed by atoms with Gasteiger partial charge in [0.05, 0.1) is 10.7 Å². The minimum atomic E-state index is -0.229. The van der Waals surface area contributed by atoms with Gasteiger partial charge in [0.25, 0.3) is 0 Å². The molecule has 19 heavy (non-hydrogen) atoms. The zero-order chi connectivity index (χ0) is 13.8. The zero-order valence-corrected chi connectivity index (χ0v) is 11.3. The maximum absolute atomic E-state index is 12.8. The standard InChI is InChI=1S/C14H15ClFN3/c1-9(6-10-2-4-12(16)5-3-10)19-14-13(17)7-11(15)8-18-14/h2-5,7-9H,6,17H2,1H3,(H,18,19). The molecule has 1 atom stereocenters. The molecule has 3 nitrogen and oxygen atoms in total. The van der Waals surface area contributed by atoms with Crippen molar-refractivity contribution in [3.8, 4) is 0 Å². The third kappa shape index (κ3) is 3.83. The highest BCUT2D eigenvalue weighted by Crippen LogP contribution is 2.20. The molecule has 3 N–H and O–H groups in total. The summed E-state index contributed by atoms with van der Waals surface area (Å²) < 4.78 is 12.8. The molecule has 0 radical (unpaired) electrons. The molecule has 0 spiro atoms. The quantitative estimate of drug-likeness (QED) is 0.901. The van der Waals surface area contributed by atoms with Gasteiger partial charge in [-0.2, -0.15) is 0 Å². The summed E-state index contributed by atoms with van der Waals surface area (Å²) in [5, 5.41) is 3.72. The number of aromatic nitrogens is 1. The fourth-order valence-electron chi connectivity index (χ4n) is 1.83. The van der Waals surface area contributed by atoms with Crippen molar-refractivity contribution in [2.45, 2.75) is 19.4 Å². The summed E-state index contributed by atoms with van der Waals surface area (Å²) in [6, 6.07) is 8.23. The van der Waals surface area contributed by atoms with E-state index in [1.54, 1.807) is 24.4 Å². The largest absolute Gasteiger partial charge is 0.396 e. The molecule has 0 amide bonds. The Morgan fingerprint density at radius 2 is 2.05 bits per heavy atom. The van der Waals surface area contributed by atoms with Crippen LogP contribution >= 0.6 is 11.6 Å². The molecule has 5 heteroatoms.